The van der Waals surface area contributed by atoms with Crippen molar-refractivity contribution in [1.82, 2.24) is 9.88 Å². The number of fused-ring (bicyclic) bond motifs is 1. The van der Waals surface area contributed by atoms with E-state index in [2.05, 4.69) is 31.7 Å². The van der Waals surface area contributed by atoms with Crippen LogP contribution in [0.1, 0.15) is 34.6 Å². The van der Waals surface area contributed by atoms with E-state index in [1.165, 1.54) is 29.0 Å². The topological polar surface area (TPSA) is 79.6 Å². The summed E-state index contributed by atoms with van der Waals surface area (Å²) in [6.45, 7) is 11.2. The van der Waals surface area contributed by atoms with Gasteiger partial charge in [-0.2, -0.15) is 0 Å². The third kappa shape index (κ3) is 4.63. The van der Waals surface area contributed by atoms with Crippen LogP contribution in [0.4, 0.5) is 10.1 Å². The summed E-state index contributed by atoms with van der Waals surface area (Å²) < 4.78 is 1.03. The van der Waals surface area contributed by atoms with Crippen LogP contribution >= 0.6 is 22.7 Å². The van der Waals surface area contributed by atoms with Gasteiger partial charge in [0.1, 0.15) is 0 Å². The first-order valence-corrected chi connectivity index (χ1v) is 11.1. The Morgan fingerprint density at radius 2 is 1.79 bits per heavy atom. The SMILES string of the molecule is CCN(CC)CCN(C(=O)c1ccc([N+](=O)[O-])s1)c1nc2cc(C)c(C)cc2s1. The molecule has 0 fully saturated rings. The molecule has 0 radical (unpaired) electrons. The molecule has 0 unspecified atom stereocenters. The lowest BCUT2D eigenvalue weighted by Crippen LogP contribution is -2.38. The lowest BCUT2D eigenvalue weighted by atomic mass is 10.1. The van der Waals surface area contributed by atoms with Crippen LogP contribution in [0.2, 0.25) is 0 Å². The lowest BCUT2D eigenvalue weighted by molar-refractivity contribution is -0.380. The van der Waals surface area contributed by atoms with Crippen molar-refractivity contribution in [2.45, 2.75) is 27.7 Å². The van der Waals surface area contributed by atoms with Crippen LogP contribution in [0.25, 0.3) is 10.2 Å². The second-order valence-corrected chi connectivity index (χ2v) is 8.85. The molecule has 154 valence electrons. The quantitative estimate of drug-likeness (QED) is 0.375. The predicted molar refractivity (Wildman–Crippen MR) is 120 cm³/mol. The molecule has 0 aliphatic carbocycles. The van der Waals surface area contributed by atoms with Crippen molar-refractivity contribution in [3.63, 3.8) is 0 Å². The van der Waals surface area contributed by atoms with E-state index in [0.29, 0.717) is 23.1 Å². The number of anilines is 1. The highest BCUT2D eigenvalue weighted by Crippen LogP contribution is 2.33. The molecule has 7 nitrogen and oxygen atoms in total. The Morgan fingerprint density at radius 3 is 2.41 bits per heavy atom. The molecule has 2 heterocycles. The molecule has 0 spiro atoms. The standard InChI is InChI=1S/C20H24N4O3S2/c1-5-22(6-2)9-10-23(19(25)16-7-8-18(28-16)24(26)27)20-21-15-11-13(3)14(4)12-17(15)29-20/h7-8,11-12H,5-6,9-10H2,1-4H3. The fraction of sp³-hybridized carbons (Fsp3) is 0.400. The molecule has 1 amide bonds. The number of amides is 1. The summed E-state index contributed by atoms with van der Waals surface area (Å²) in [5.41, 5.74) is 3.21. The van der Waals surface area contributed by atoms with E-state index in [0.717, 1.165) is 40.2 Å². The molecule has 29 heavy (non-hydrogen) atoms. The monoisotopic (exact) mass is 432 g/mol. The summed E-state index contributed by atoms with van der Waals surface area (Å²) >= 11 is 2.38. The van der Waals surface area contributed by atoms with Crippen LogP contribution in [0.3, 0.4) is 0 Å². The summed E-state index contributed by atoms with van der Waals surface area (Å²) in [6.07, 6.45) is 0. The van der Waals surface area contributed by atoms with E-state index in [9.17, 15) is 14.9 Å². The van der Waals surface area contributed by atoms with Gasteiger partial charge in [0, 0.05) is 19.2 Å². The zero-order valence-corrected chi connectivity index (χ0v) is 18.6. The van der Waals surface area contributed by atoms with E-state index in [4.69, 9.17) is 4.98 Å². The maximum Gasteiger partial charge on any atom is 0.324 e. The number of hydrogen-bond acceptors (Lipinski definition) is 7. The maximum absolute atomic E-state index is 13.2. The number of likely N-dealkylation sites (N-methyl/N-ethyl adjacent to an activating group) is 1. The van der Waals surface area contributed by atoms with Crippen LogP contribution < -0.4 is 4.90 Å². The Hall–Kier alpha value is -2.36. The van der Waals surface area contributed by atoms with Gasteiger partial charge in [-0.3, -0.25) is 19.8 Å². The molecular weight excluding hydrogens is 408 g/mol. The third-order valence-electron chi connectivity index (χ3n) is 4.99. The molecule has 2 aromatic heterocycles. The number of aromatic nitrogens is 1. The number of carbonyl (C=O) groups excluding carboxylic acids is 1. The van der Waals surface area contributed by atoms with Gasteiger partial charge >= 0.3 is 5.00 Å². The molecular formula is C20H24N4O3S2. The average Bonchev–Trinajstić information content (AvgIpc) is 3.33. The van der Waals surface area contributed by atoms with Gasteiger partial charge in [0.25, 0.3) is 5.91 Å². The minimum absolute atomic E-state index is 0.0346. The first-order valence-electron chi connectivity index (χ1n) is 9.50. The van der Waals surface area contributed by atoms with Gasteiger partial charge in [-0.05, 0) is 56.3 Å². The Balaban J connectivity index is 1.97. The van der Waals surface area contributed by atoms with Gasteiger partial charge in [-0.1, -0.05) is 36.5 Å². The van der Waals surface area contributed by atoms with E-state index >= 15 is 0 Å². The molecule has 0 N–H and O–H groups in total. The highest BCUT2D eigenvalue weighted by molar-refractivity contribution is 7.22. The summed E-state index contributed by atoms with van der Waals surface area (Å²) in [7, 11) is 0. The van der Waals surface area contributed by atoms with Gasteiger partial charge in [0.2, 0.25) is 0 Å². The number of aryl methyl sites for hydroxylation is 2. The molecule has 3 aromatic rings. The first kappa shape index (κ1) is 21.4. The number of rotatable bonds is 8. The normalized spacial score (nSPS) is 11.3. The Morgan fingerprint density at radius 1 is 1.10 bits per heavy atom. The van der Waals surface area contributed by atoms with Gasteiger partial charge in [0.05, 0.1) is 20.0 Å². The molecule has 3 rings (SSSR count). The van der Waals surface area contributed by atoms with Gasteiger partial charge < -0.3 is 4.90 Å². The number of hydrogen-bond donors (Lipinski definition) is 0. The number of thiophene rings is 1. The molecule has 0 saturated heterocycles. The lowest BCUT2D eigenvalue weighted by Gasteiger charge is -2.24. The largest absolute Gasteiger partial charge is 0.324 e. The Labute approximate surface area is 177 Å². The summed E-state index contributed by atoms with van der Waals surface area (Å²) in [4.78, 5) is 32.8. The van der Waals surface area contributed by atoms with Crippen molar-refractivity contribution in [1.29, 1.82) is 0 Å². The van der Waals surface area contributed by atoms with E-state index in [1.54, 1.807) is 4.90 Å². The minimum atomic E-state index is -0.467. The molecule has 0 bridgehead atoms. The van der Waals surface area contributed by atoms with Gasteiger partial charge in [-0.15, -0.1) is 0 Å². The first-order chi connectivity index (χ1) is 13.8. The van der Waals surface area contributed by atoms with Crippen molar-refractivity contribution < 1.29 is 9.72 Å². The summed E-state index contributed by atoms with van der Waals surface area (Å²) in [6, 6.07) is 7.03. The minimum Gasteiger partial charge on any atom is -0.302 e. The van der Waals surface area contributed by atoms with Crippen molar-refractivity contribution in [2.75, 3.05) is 31.1 Å². The van der Waals surface area contributed by atoms with E-state index in [-0.39, 0.29) is 10.9 Å². The fourth-order valence-electron chi connectivity index (χ4n) is 3.02. The van der Waals surface area contributed by atoms with Crippen molar-refractivity contribution in [3.05, 3.63) is 50.4 Å². The molecule has 0 atom stereocenters. The summed E-state index contributed by atoms with van der Waals surface area (Å²) in [5.74, 6) is -0.247. The number of carbonyl (C=O) groups is 1. The Bertz CT molecular complexity index is 1000. The van der Waals surface area contributed by atoms with Crippen LogP contribution in [0.15, 0.2) is 24.3 Å². The zero-order valence-electron chi connectivity index (χ0n) is 17.0. The third-order valence-corrected chi connectivity index (χ3v) is 7.05. The van der Waals surface area contributed by atoms with Crippen LogP contribution in [0.5, 0.6) is 0 Å². The summed E-state index contributed by atoms with van der Waals surface area (Å²) in [5, 5.41) is 11.6. The molecule has 9 heteroatoms. The Kier molecular flexibility index (Phi) is 6.61. The number of nitrogens with zero attached hydrogens (tertiary/aromatic N) is 4. The second kappa shape index (κ2) is 8.98. The molecule has 0 aliphatic heterocycles. The van der Waals surface area contributed by atoms with Crippen LogP contribution in [-0.4, -0.2) is 46.9 Å². The number of benzene rings is 1. The highest BCUT2D eigenvalue weighted by Gasteiger charge is 2.25. The van der Waals surface area contributed by atoms with Crippen LogP contribution in [-0.2, 0) is 0 Å². The van der Waals surface area contributed by atoms with E-state index < -0.39 is 4.92 Å². The van der Waals surface area contributed by atoms with Gasteiger partial charge in [0.15, 0.2) is 5.13 Å². The number of nitro groups is 1. The van der Waals surface area contributed by atoms with Gasteiger partial charge in [-0.25, -0.2) is 4.98 Å². The average molecular weight is 433 g/mol. The maximum atomic E-state index is 13.2. The smallest absolute Gasteiger partial charge is 0.302 e. The highest BCUT2D eigenvalue weighted by atomic mass is 32.1. The van der Waals surface area contributed by atoms with Crippen LogP contribution in [0, 0.1) is 24.0 Å². The fourth-order valence-corrected chi connectivity index (χ4v) is 4.86. The molecule has 1 aromatic carbocycles. The van der Waals surface area contributed by atoms with E-state index in [1.807, 2.05) is 13.0 Å². The molecule has 0 aliphatic rings. The predicted octanol–water partition coefficient (Wildman–Crippen LogP) is 4.87. The number of thiazole rings is 1. The van der Waals surface area contributed by atoms with Crippen molar-refractivity contribution >= 4 is 48.9 Å². The second-order valence-electron chi connectivity index (χ2n) is 6.78. The van der Waals surface area contributed by atoms with Crippen molar-refractivity contribution in [3.8, 4) is 0 Å². The molecule has 0 saturated carbocycles. The zero-order chi connectivity index (χ0) is 21.1. The van der Waals surface area contributed by atoms with Crippen molar-refractivity contribution in [2.24, 2.45) is 0 Å².